The zero-order valence-electron chi connectivity index (χ0n) is 18.5. The number of aliphatic hydroxyl groups excluding tert-OH is 1. The van der Waals surface area contributed by atoms with E-state index < -0.39 is 23.5 Å². The second-order valence-corrected chi connectivity index (χ2v) is 7.98. The summed E-state index contributed by atoms with van der Waals surface area (Å²) < 4.78 is 45.8. The van der Waals surface area contributed by atoms with E-state index in [-0.39, 0.29) is 0 Å². The van der Waals surface area contributed by atoms with Crippen molar-refractivity contribution < 1.29 is 23.0 Å². The van der Waals surface area contributed by atoms with Crippen LogP contribution in [-0.2, 0) is 6.18 Å². The molecule has 2 N–H and O–H groups in total. The van der Waals surface area contributed by atoms with Crippen molar-refractivity contribution in [1.29, 1.82) is 0 Å². The summed E-state index contributed by atoms with van der Waals surface area (Å²) in [5.41, 5.74) is 2.85. The molecule has 5 rings (SSSR count). The molecule has 0 amide bonds. The van der Waals surface area contributed by atoms with Gasteiger partial charge in [-0.05, 0) is 41.5 Å². The molecule has 0 bridgehead atoms. The van der Waals surface area contributed by atoms with Gasteiger partial charge in [-0.15, -0.1) is 0 Å². The van der Waals surface area contributed by atoms with Crippen LogP contribution in [0.25, 0.3) is 33.3 Å². The average molecular weight is 475 g/mol. The van der Waals surface area contributed by atoms with Gasteiger partial charge in [0.2, 0.25) is 0 Å². The summed E-state index contributed by atoms with van der Waals surface area (Å²) in [7, 11) is 1.61. The molecule has 35 heavy (non-hydrogen) atoms. The molecule has 0 aliphatic rings. The Labute approximate surface area is 198 Å². The van der Waals surface area contributed by atoms with Gasteiger partial charge in [0.05, 0.1) is 18.4 Å². The first-order chi connectivity index (χ1) is 16.9. The largest absolute Gasteiger partial charge is 0.496 e. The van der Waals surface area contributed by atoms with Gasteiger partial charge in [0, 0.05) is 40.7 Å². The number of para-hydroxylation sites is 1. The number of hydrogen-bond donors (Lipinski definition) is 2. The van der Waals surface area contributed by atoms with Crippen LogP contribution in [0.2, 0.25) is 0 Å². The lowest BCUT2D eigenvalue weighted by atomic mass is 9.97. The van der Waals surface area contributed by atoms with E-state index >= 15 is 0 Å². The number of halogens is 3. The maximum atomic E-state index is 13.4. The number of H-pyrrole nitrogens is 1. The molecule has 2 aromatic carbocycles. The van der Waals surface area contributed by atoms with Crippen molar-refractivity contribution in [1.82, 2.24) is 15.0 Å². The first kappa shape index (κ1) is 22.6. The SMILES string of the molecule is COc1ccccc1-c1c[nH]c2ncc(-c3cccc(C(O)c4ncccc4C(F)(F)F)c3)cc12. The Hall–Kier alpha value is -4.17. The minimum Gasteiger partial charge on any atom is -0.496 e. The lowest BCUT2D eigenvalue weighted by Crippen LogP contribution is -2.14. The third-order valence-corrected chi connectivity index (χ3v) is 5.87. The maximum Gasteiger partial charge on any atom is 0.418 e. The number of aromatic nitrogens is 3. The normalized spacial score (nSPS) is 12.6. The molecule has 0 saturated heterocycles. The van der Waals surface area contributed by atoms with Crippen LogP contribution in [0.5, 0.6) is 5.75 Å². The maximum absolute atomic E-state index is 13.4. The Morgan fingerprint density at radius 2 is 1.74 bits per heavy atom. The summed E-state index contributed by atoms with van der Waals surface area (Å²) in [6.45, 7) is 0. The van der Waals surface area contributed by atoms with Crippen molar-refractivity contribution in [3.05, 3.63) is 102 Å². The summed E-state index contributed by atoms with van der Waals surface area (Å²) in [5.74, 6) is 0.722. The van der Waals surface area contributed by atoms with Gasteiger partial charge in [-0.25, -0.2) is 4.98 Å². The Morgan fingerprint density at radius 1 is 0.914 bits per heavy atom. The lowest BCUT2D eigenvalue weighted by molar-refractivity contribution is -0.139. The monoisotopic (exact) mass is 475 g/mol. The van der Waals surface area contributed by atoms with Crippen molar-refractivity contribution in [3.63, 3.8) is 0 Å². The van der Waals surface area contributed by atoms with Gasteiger partial charge in [0.1, 0.15) is 17.5 Å². The van der Waals surface area contributed by atoms with E-state index in [1.165, 1.54) is 12.3 Å². The van der Waals surface area contributed by atoms with E-state index in [4.69, 9.17) is 4.74 Å². The fraction of sp³-hybridized carbons (Fsp3) is 0.111. The van der Waals surface area contributed by atoms with Gasteiger partial charge in [0.15, 0.2) is 0 Å². The summed E-state index contributed by atoms with van der Waals surface area (Å²) in [6.07, 6.45) is -1.39. The number of ether oxygens (including phenoxy) is 1. The van der Waals surface area contributed by atoms with Crippen molar-refractivity contribution in [2.75, 3.05) is 7.11 Å². The highest BCUT2D eigenvalue weighted by molar-refractivity contribution is 5.97. The quantitative estimate of drug-likeness (QED) is 0.309. The number of methoxy groups -OCH3 is 1. The molecule has 176 valence electrons. The molecule has 0 radical (unpaired) electrons. The molecular formula is C27H20F3N3O2. The van der Waals surface area contributed by atoms with Crippen molar-refractivity contribution in [2.24, 2.45) is 0 Å². The predicted octanol–water partition coefficient (Wildman–Crippen LogP) is 6.40. The number of fused-ring (bicyclic) bond motifs is 1. The van der Waals surface area contributed by atoms with E-state index in [0.29, 0.717) is 16.8 Å². The zero-order valence-corrected chi connectivity index (χ0v) is 18.5. The van der Waals surface area contributed by atoms with Crippen LogP contribution in [0, 0.1) is 0 Å². The molecule has 0 saturated carbocycles. The Bertz CT molecular complexity index is 1510. The number of pyridine rings is 2. The Morgan fingerprint density at radius 3 is 2.54 bits per heavy atom. The van der Waals surface area contributed by atoms with Gasteiger partial charge in [-0.2, -0.15) is 13.2 Å². The molecule has 1 atom stereocenters. The van der Waals surface area contributed by atoms with Crippen molar-refractivity contribution in [3.8, 4) is 28.0 Å². The van der Waals surface area contributed by atoms with Gasteiger partial charge >= 0.3 is 6.18 Å². The van der Waals surface area contributed by atoms with E-state index in [1.54, 1.807) is 31.5 Å². The minimum atomic E-state index is -4.62. The van der Waals surface area contributed by atoms with Crippen LogP contribution in [0.3, 0.4) is 0 Å². The number of rotatable bonds is 5. The fourth-order valence-corrected chi connectivity index (χ4v) is 4.17. The first-order valence-corrected chi connectivity index (χ1v) is 10.8. The molecule has 0 aliphatic carbocycles. The molecule has 0 fully saturated rings. The number of alkyl halides is 3. The molecule has 3 aromatic heterocycles. The van der Waals surface area contributed by atoms with Crippen molar-refractivity contribution in [2.45, 2.75) is 12.3 Å². The molecule has 0 spiro atoms. The number of benzene rings is 2. The molecule has 0 aliphatic heterocycles. The number of hydrogen-bond acceptors (Lipinski definition) is 4. The smallest absolute Gasteiger partial charge is 0.418 e. The first-order valence-electron chi connectivity index (χ1n) is 10.8. The van der Waals surface area contributed by atoms with Crippen LogP contribution in [0.1, 0.15) is 22.9 Å². The highest BCUT2D eigenvalue weighted by Gasteiger charge is 2.36. The van der Waals surface area contributed by atoms with Crippen LogP contribution < -0.4 is 4.74 Å². The molecule has 5 aromatic rings. The molecule has 1 unspecified atom stereocenters. The summed E-state index contributed by atoms with van der Waals surface area (Å²) >= 11 is 0. The summed E-state index contributed by atoms with van der Waals surface area (Å²) in [5, 5.41) is 11.7. The van der Waals surface area contributed by atoms with Crippen LogP contribution in [0.15, 0.2) is 85.3 Å². The predicted molar refractivity (Wildman–Crippen MR) is 127 cm³/mol. The highest BCUT2D eigenvalue weighted by atomic mass is 19.4. The molecule has 8 heteroatoms. The number of aliphatic hydroxyl groups is 1. The van der Waals surface area contributed by atoms with E-state index in [1.807, 2.05) is 42.6 Å². The highest BCUT2D eigenvalue weighted by Crippen LogP contribution is 2.38. The standard InChI is InChI=1S/C27H20F3N3O2/c1-35-23-10-3-2-8-19(23)21-15-33-26-20(21)13-18(14-32-26)16-6-4-7-17(12-16)25(34)24-22(27(28,29)30)9-5-11-31-24/h2-15,25,34H,1H3,(H,32,33). The van der Waals surface area contributed by atoms with Gasteiger partial charge in [-0.1, -0.05) is 36.4 Å². The zero-order chi connectivity index (χ0) is 24.6. The van der Waals surface area contributed by atoms with Gasteiger partial charge < -0.3 is 14.8 Å². The summed E-state index contributed by atoms with van der Waals surface area (Å²) in [4.78, 5) is 11.5. The van der Waals surface area contributed by atoms with Gasteiger partial charge in [-0.3, -0.25) is 4.98 Å². The number of nitrogens with zero attached hydrogens (tertiary/aromatic N) is 2. The Balaban J connectivity index is 1.56. The third kappa shape index (κ3) is 4.24. The van der Waals surface area contributed by atoms with E-state index in [9.17, 15) is 18.3 Å². The average Bonchev–Trinajstić information content (AvgIpc) is 3.31. The third-order valence-electron chi connectivity index (χ3n) is 5.87. The van der Waals surface area contributed by atoms with Crippen LogP contribution in [0.4, 0.5) is 13.2 Å². The minimum absolute atomic E-state index is 0.297. The van der Waals surface area contributed by atoms with E-state index in [0.717, 1.165) is 33.9 Å². The molecule has 5 nitrogen and oxygen atoms in total. The van der Waals surface area contributed by atoms with Crippen LogP contribution >= 0.6 is 0 Å². The molecular weight excluding hydrogens is 455 g/mol. The fourth-order valence-electron chi connectivity index (χ4n) is 4.17. The van der Waals surface area contributed by atoms with Crippen LogP contribution in [-0.4, -0.2) is 27.2 Å². The number of nitrogens with one attached hydrogen (secondary N) is 1. The van der Waals surface area contributed by atoms with E-state index in [2.05, 4.69) is 15.0 Å². The number of aromatic amines is 1. The lowest BCUT2D eigenvalue weighted by Gasteiger charge is -2.17. The van der Waals surface area contributed by atoms with Gasteiger partial charge in [0.25, 0.3) is 0 Å². The van der Waals surface area contributed by atoms with Crippen molar-refractivity contribution >= 4 is 11.0 Å². The second-order valence-electron chi connectivity index (χ2n) is 7.98. The second kappa shape index (κ2) is 8.88. The summed E-state index contributed by atoms with van der Waals surface area (Å²) in [6, 6.07) is 18.4. The molecule has 3 heterocycles. The Kier molecular flexibility index (Phi) is 5.74. The topological polar surface area (TPSA) is 71.0 Å².